The van der Waals surface area contributed by atoms with Crippen molar-refractivity contribution in [3.63, 3.8) is 0 Å². The largest absolute Gasteiger partial charge is 0.466 e. The maximum atomic E-state index is 12.7. The highest BCUT2D eigenvalue weighted by atomic mass is 16.5. The fourth-order valence-electron chi connectivity index (χ4n) is 6.45. The molecule has 4 aliphatic carbocycles. The van der Waals surface area contributed by atoms with Gasteiger partial charge in [-0.1, -0.05) is 0 Å². The van der Waals surface area contributed by atoms with E-state index >= 15 is 0 Å². The lowest BCUT2D eigenvalue weighted by molar-refractivity contribution is -0.150. The average molecular weight is 348 g/mol. The minimum Gasteiger partial charge on any atom is -0.466 e. The van der Waals surface area contributed by atoms with Crippen molar-refractivity contribution in [1.29, 1.82) is 0 Å². The van der Waals surface area contributed by atoms with E-state index in [0.717, 1.165) is 37.1 Å². The Morgan fingerprint density at radius 3 is 2.36 bits per heavy atom. The van der Waals surface area contributed by atoms with Gasteiger partial charge in [0.1, 0.15) is 0 Å². The molecular weight excluding hydrogens is 316 g/mol. The predicted octanol–water partition coefficient (Wildman–Crippen LogP) is 2.35. The fourth-order valence-corrected chi connectivity index (χ4v) is 6.45. The second-order valence-corrected chi connectivity index (χ2v) is 9.07. The van der Waals surface area contributed by atoms with Gasteiger partial charge in [0, 0.05) is 12.1 Å². The Kier molecular flexibility index (Phi) is 4.78. The number of carbonyl (C=O) groups is 2. The fraction of sp³-hybridized carbons (Fsp3) is 0.900. The summed E-state index contributed by atoms with van der Waals surface area (Å²) in [5.74, 6) is 2.51. The Balaban J connectivity index is 1.31. The first kappa shape index (κ1) is 17.3. The molecule has 0 unspecified atom stereocenters. The Hall–Kier alpha value is -1.10. The van der Waals surface area contributed by atoms with Gasteiger partial charge >= 0.3 is 5.97 Å². The summed E-state index contributed by atoms with van der Waals surface area (Å²) < 4.78 is 5.16. The standard InChI is InChI=1S/C20H32N2O3/c1-2-25-19(24)17-4-3-5-22(12-17)13-18(23)21-20-9-14-6-15(10-20)8-16(7-14)11-20/h14-17H,2-13H2,1H3,(H,21,23)/t14?,15?,16?,17-,20?/m1/s1. The van der Waals surface area contributed by atoms with Gasteiger partial charge in [-0.2, -0.15) is 0 Å². The Bertz CT molecular complexity index is 498. The molecule has 5 aliphatic rings. The summed E-state index contributed by atoms with van der Waals surface area (Å²) in [5.41, 5.74) is 0.0855. The van der Waals surface area contributed by atoms with E-state index < -0.39 is 0 Å². The number of hydrogen-bond donors (Lipinski definition) is 1. The van der Waals surface area contributed by atoms with Crippen molar-refractivity contribution >= 4 is 11.9 Å². The van der Waals surface area contributed by atoms with Gasteiger partial charge in [0.25, 0.3) is 0 Å². The highest BCUT2D eigenvalue weighted by molar-refractivity contribution is 5.79. The second kappa shape index (κ2) is 6.90. The molecule has 25 heavy (non-hydrogen) atoms. The number of amides is 1. The summed E-state index contributed by atoms with van der Waals surface area (Å²) in [6, 6.07) is 0. The lowest BCUT2D eigenvalue weighted by Gasteiger charge is -2.57. The van der Waals surface area contributed by atoms with E-state index in [1.807, 2.05) is 6.92 Å². The van der Waals surface area contributed by atoms with Crippen molar-refractivity contribution < 1.29 is 14.3 Å². The molecule has 1 aliphatic heterocycles. The maximum Gasteiger partial charge on any atom is 0.310 e. The van der Waals surface area contributed by atoms with Crippen molar-refractivity contribution in [2.24, 2.45) is 23.7 Å². The van der Waals surface area contributed by atoms with E-state index in [4.69, 9.17) is 4.74 Å². The quantitative estimate of drug-likeness (QED) is 0.775. The van der Waals surface area contributed by atoms with Crippen molar-refractivity contribution in [3.8, 4) is 0 Å². The first-order valence-corrected chi connectivity index (χ1v) is 10.3. The molecule has 1 N–H and O–H groups in total. The first-order valence-electron chi connectivity index (χ1n) is 10.3. The number of piperidine rings is 1. The monoisotopic (exact) mass is 348 g/mol. The van der Waals surface area contributed by atoms with Crippen LogP contribution in [-0.4, -0.2) is 48.6 Å². The van der Waals surface area contributed by atoms with Crippen LogP contribution in [0.3, 0.4) is 0 Å². The number of nitrogens with one attached hydrogen (secondary N) is 1. The Morgan fingerprint density at radius 1 is 1.12 bits per heavy atom. The SMILES string of the molecule is CCOC(=O)[C@@H]1CCCN(CC(=O)NC23CC4CC(CC(C4)C2)C3)C1. The van der Waals surface area contributed by atoms with E-state index in [0.29, 0.717) is 19.7 Å². The molecule has 0 aromatic heterocycles. The molecule has 5 heteroatoms. The third-order valence-electron chi connectivity index (χ3n) is 6.94. The lowest BCUT2D eigenvalue weighted by Crippen LogP contribution is -2.61. The Labute approximate surface area is 150 Å². The van der Waals surface area contributed by atoms with Crippen LogP contribution < -0.4 is 5.32 Å². The lowest BCUT2D eigenvalue weighted by atomic mass is 9.53. The normalized spacial score (nSPS) is 40.0. The summed E-state index contributed by atoms with van der Waals surface area (Å²) in [4.78, 5) is 26.8. The molecule has 5 rings (SSSR count). The number of likely N-dealkylation sites (tertiary alicyclic amines) is 1. The minimum atomic E-state index is -0.103. The third-order valence-corrected chi connectivity index (χ3v) is 6.94. The zero-order valence-corrected chi connectivity index (χ0v) is 15.5. The van der Waals surface area contributed by atoms with Crippen molar-refractivity contribution in [3.05, 3.63) is 0 Å². The van der Waals surface area contributed by atoms with Crippen LogP contribution in [0.15, 0.2) is 0 Å². The third kappa shape index (κ3) is 3.71. The van der Waals surface area contributed by atoms with Crippen LogP contribution in [0.5, 0.6) is 0 Å². The summed E-state index contributed by atoms with van der Waals surface area (Å²) >= 11 is 0. The van der Waals surface area contributed by atoms with Crippen LogP contribution in [0.25, 0.3) is 0 Å². The molecule has 1 amide bonds. The second-order valence-electron chi connectivity index (χ2n) is 9.07. The van der Waals surface area contributed by atoms with E-state index in [1.165, 1.54) is 38.5 Å². The summed E-state index contributed by atoms with van der Waals surface area (Å²) in [7, 11) is 0. The molecule has 140 valence electrons. The van der Waals surface area contributed by atoms with Crippen molar-refractivity contribution in [2.75, 3.05) is 26.2 Å². The smallest absolute Gasteiger partial charge is 0.310 e. The molecule has 5 fully saturated rings. The van der Waals surface area contributed by atoms with Crippen LogP contribution in [0, 0.1) is 23.7 Å². The van der Waals surface area contributed by atoms with Gasteiger partial charge < -0.3 is 10.1 Å². The maximum absolute atomic E-state index is 12.7. The van der Waals surface area contributed by atoms with E-state index in [1.54, 1.807) is 0 Å². The van der Waals surface area contributed by atoms with E-state index in [-0.39, 0.29) is 23.3 Å². The average Bonchev–Trinajstić information content (AvgIpc) is 2.53. The number of ether oxygens (including phenoxy) is 1. The topological polar surface area (TPSA) is 58.6 Å². The van der Waals surface area contributed by atoms with Crippen molar-refractivity contribution in [2.45, 2.75) is 63.8 Å². The van der Waals surface area contributed by atoms with Gasteiger partial charge in [0.2, 0.25) is 5.91 Å². The minimum absolute atomic E-state index is 0.0685. The van der Waals surface area contributed by atoms with Gasteiger partial charge in [-0.3, -0.25) is 14.5 Å². The molecule has 0 spiro atoms. The number of hydrogen-bond acceptors (Lipinski definition) is 4. The molecule has 1 heterocycles. The molecule has 0 aromatic carbocycles. The van der Waals surface area contributed by atoms with Crippen LogP contribution in [0.4, 0.5) is 0 Å². The molecule has 1 saturated heterocycles. The van der Waals surface area contributed by atoms with Gasteiger partial charge in [-0.05, 0) is 82.6 Å². The molecule has 4 saturated carbocycles. The van der Waals surface area contributed by atoms with Gasteiger partial charge in [0.05, 0.1) is 19.1 Å². The zero-order valence-electron chi connectivity index (χ0n) is 15.5. The van der Waals surface area contributed by atoms with E-state index in [9.17, 15) is 9.59 Å². The van der Waals surface area contributed by atoms with Crippen LogP contribution in [0.1, 0.15) is 58.3 Å². The van der Waals surface area contributed by atoms with Crippen LogP contribution >= 0.6 is 0 Å². The number of nitrogens with zero attached hydrogens (tertiary/aromatic N) is 1. The highest BCUT2D eigenvalue weighted by Crippen LogP contribution is 2.55. The van der Waals surface area contributed by atoms with Gasteiger partial charge in [-0.25, -0.2) is 0 Å². The molecule has 4 bridgehead atoms. The summed E-state index contributed by atoms with van der Waals surface area (Å²) in [6.07, 6.45) is 9.59. The number of esters is 1. The van der Waals surface area contributed by atoms with Crippen LogP contribution in [0.2, 0.25) is 0 Å². The number of rotatable bonds is 5. The van der Waals surface area contributed by atoms with E-state index in [2.05, 4.69) is 10.2 Å². The Morgan fingerprint density at radius 2 is 1.76 bits per heavy atom. The van der Waals surface area contributed by atoms with Crippen molar-refractivity contribution in [1.82, 2.24) is 10.2 Å². The summed E-state index contributed by atoms with van der Waals surface area (Å²) in [6.45, 7) is 4.27. The molecule has 0 aromatic rings. The molecule has 5 nitrogen and oxygen atoms in total. The predicted molar refractivity (Wildman–Crippen MR) is 94.8 cm³/mol. The van der Waals surface area contributed by atoms with Gasteiger partial charge in [0.15, 0.2) is 0 Å². The number of carbonyl (C=O) groups excluding carboxylic acids is 2. The van der Waals surface area contributed by atoms with Crippen LogP contribution in [-0.2, 0) is 14.3 Å². The molecule has 1 atom stereocenters. The molecular formula is C20H32N2O3. The molecule has 0 radical (unpaired) electrons. The van der Waals surface area contributed by atoms with Gasteiger partial charge in [-0.15, -0.1) is 0 Å². The first-order chi connectivity index (χ1) is 12.0. The highest BCUT2D eigenvalue weighted by Gasteiger charge is 2.51. The summed E-state index contributed by atoms with van der Waals surface area (Å²) in [5, 5.41) is 3.44. The zero-order chi connectivity index (χ0) is 17.4.